The maximum absolute atomic E-state index is 14.5. The molecule has 0 aliphatic heterocycles. The van der Waals surface area contributed by atoms with E-state index in [-0.39, 0.29) is 45.2 Å². The second-order valence-electron chi connectivity index (χ2n) is 16.1. The molecule has 0 N–H and O–H groups in total. The minimum absolute atomic E-state index is 0.0730. The lowest BCUT2D eigenvalue weighted by molar-refractivity contribution is -0.482. The first kappa shape index (κ1) is 80.0. The summed E-state index contributed by atoms with van der Waals surface area (Å²) in [5.41, 5.74) is 0. The van der Waals surface area contributed by atoms with Gasteiger partial charge >= 0.3 is 143 Å². The van der Waals surface area contributed by atoms with Crippen LogP contribution in [0.5, 0.6) is 0 Å². The fourth-order valence-electron chi connectivity index (χ4n) is 5.35. The monoisotopic (exact) mass is 1570 g/mol. The standard InChI is InChI=1S/C30H10F50I2/c31-7(32,9(35,36)11(39,40)13(43,44)15(47,48)17(51,52)19(55,56)21(59,60)23(63,64)25(67,68)27(71,72)29(75,76)77)3-5(81)1-2-6(82)4-8(33,34)10(37,38)12(41,42)14(45,46)16(49,50)18(53,54)20(57,58)22(61,62)24(65,66)26(69,70)28(73,74)30(78,79)80/h5-6H,1-4H2. The van der Waals surface area contributed by atoms with Crippen LogP contribution in [0.2, 0.25) is 0 Å². The zero-order chi connectivity index (χ0) is 68.0. The van der Waals surface area contributed by atoms with Crippen molar-refractivity contribution in [2.75, 3.05) is 0 Å². The molecule has 2 atom stereocenters. The molecule has 0 heterocycles. The van der Waals surface area contributed by atoms with Gasteiger partial charge in [-0.05, 0) is 12.8 Å². The lowest BCUT2D eigenvalue weighted by Gasteiger charge is -2.45. The Morgan fingerprint density at radius 3 is 0.366 bits per heavy atom. The first-order valence-electron chi connectivity index (χ1n) is 18.2. The fourth-order valence-corrected chi connectivity index (χ4v) is 7.17. The third-order valence-corrected chi connectivity index (χ3v) is 12.6. The van der Waals surface area contributed by atoms with Crippen LogP contribution in [0, 0.1) is 0 Å². The molecule has 0 rings (SSSR count). The van der Waals surface area contributed by atoms with Gasteiger partial charge in [-0.2, -0.15) is 220 Å². The minimum Gasteiger partial charge on any atom is -0.200 e. The summed E-state index contributed by atoms with van der Waals surface area (Å²) < 4.78 is 679. The van der Waals surface area contributed by atoms with E-state index in [0.29, 0.717) is 0 Å². The summed E-state index contributed by atoms with van der Waals surface area (Å²) in [7, 11) is 0. The molecule has 2 unspecified atom stereocenters. The molecule has 0 aromatic heterocycles. The highest BCUT2D eigenvalue weighted by Gasteiger charge is 3.02. The average Bonchev–Trinajstić information content (AvgIpc) is 3.22. The van der Waals surface area contributed by atoms with Gasteiger partial charge in [0.25, 0.3) is 0 Å². The van der Waals surface area contributed by atoms with Crippen LogP contribution in [0.4, 0.5) is 220 Å². The molecule has 0 radical (unpaired) electrons. The Hall–Kier alpha value is -2.04. The van der Waals surface area contributed by atoms with Crippen molar-refractivity contribution in [2.45, 2.75) is 176 Å². The number of rotatable bonds is 27. The Morgan fingerprint density at radius 2 is 0.256 bits per heavy atom. The first-order chi connectivity index (χ1) is 34.5. The van der Waals surface area contributed by atoms with Crippen LogP contribution in [0.25, 0.3) is 0 Å². The van der Waals surface area contributed by atoms with E-state index in [4.69, 9.17) is 0 Å². The zero-order valence-corrected chi connectivity index (χ0v) is 40.0. The molecule has 0 nitrogen and oxygen atoms in total. The molecular formula is C30H10F50I2. The average molecular weight is 1570 g/mol. The molecule has 0 spiro atoms. The number of hydrogen-bond donors (Lipinski definition) is 0. The molecule has 0 aromatic rings. The van der Waals surface area contributed by atoms with Gasteiger partial charge in [-0.1, -0.05) is 45.2 Å². The topological polar surface area (TPSA) is 0 Å². The molecule has 0 amide bonds. The third kappa shape index (κ3) is 10.4. The molecule has 0 fully saturated rings. The first-order valence-corrected chi connectivity index (χ1v) is 20.7. The van der Waals surface area contributed by atoms with E-state index in [1.165, 1.54) is 0 Å². The number of halogens is 52. The van der Waals surface area contributed by atoms with Gasteiger partial charge in [-0.15, -0.1) is 0 Å². The molecule has 0 aliphatic carbocycles. The summed E-state index contributed by atoms with van der Waals surface area (Å²) in [6.07, 6.45) is -28.7. The molecular weight excluding hydrogens is 1560 g/mol. The van der Waals surface area contributed by atoms with Gasteiger partial charge in [0.2, 0.25) is 0 Å². The van der Waals surface area contributed by atoms with E-state index in [2.05, 4.69) is 0 Å². The van der Waals surface area contributed by atoms with Crippen LogP contribution in [0.15, 0.2) is 0 Å². The Labute approximate surface area is 440 Å². The Morgan fingerprint density at radius 1 is 0.159 bits per heavy atom. The molecule has 0 saturated heterocycles. The zero-order valence-electron chi connectivity index (χ0n) is 35.6. The molecule has 0 aromatic carbocycles. The van der Waals surface area contributed by atoms with E-state index in [9.17, 15) is 220 Å². The number of alkyl halides is 52. The van der Waals surface area contributed by atoms with Gasteiger partial charge in [0.05, 0.1) is 0 Å². The molecule has 0 aliphatic rings. The van der Waals surface area contributed by atoms with Crippen LogP contribution < -0.4 is 0 Å². The van der Waals surface area contributed by atoms with Crippen LogP contribution in [0.1, 0.15) is 25.7 Å². The van der Waals surface area contributed by atoms with Gasteiger partial charge in [0.1, 0.15) is 0 Å². The summed E-state index contributed by atoms with van der Waals surface area (Å²) in [4.78, 5) is 0. The highest BCUT2D eigenvalue weighted by atomic mass is 127. The summed E-state index contributed by atoms with van der Waals surface area (Å²) in [5, 5.41) is 0. The largest absolute Gasteiger partial charge is 0.460 e. The van der Waals surface area contributed by atoms with Crippen LogP contribution >= 0.6 is 45.2 Å². The molecule has 0 saturated carbocycles. The van der Waals surface area contributed by atoms with E-state index in [1.54, 1.807) is 0 Å². The Kier molecular flexibility index (Phi) is 20.3. The van der Waals surface area contributed by atoms with Gasteiger partial charge < -0.3 is 0 Å². The van der Waals surface area contributed by atoms with Crippen LogP contribution in [-0.4, -0.2) is 150 Å². The Bertz CT molecular complexity index is 2070. The van der Waals surface area contributed by atoms with E-state index in [1.807, 2.05) is 0 Å². The SMILES string of the molecule is FC(F)(F)C(F)(F)C(F)(F)C(F)(F)C(F)(F)C(F)(F)C(F)(F)C(F)(F)C(F)(F)C(F)(F)C(F)(F)C(F)(F)CC(I)CCC(I)CC(F)(F)C(F)(F)C(F)(F)C(F)(F)C(F)(F)C(F)(F)C(F)(F)C(F)(F)C(F)(F)C(F)(F)C(F)(F)C(F)(F)F. The molecule has 0 bridgehead atoms. The summed E-state index contributed by atoms with van der Waals surface area (Å²) in [6, 6.07) is 0. The predicted octanol–water partition coefficient (Wildman–Crippen LogP) is 19.3. The molecule has 494 valence electrons. The van der Waals surface area contributed by atoms with Gasteiger partial charge in [-0.25, -0.2) is 0 Å². The predicted molar refractivity (Wildman–Crippen MR) is 175 cm³/mol. The molecule has 52 heteroatoms. The van der Waals surface area contributed by atoms with E-state index < -0.39 is 176 Å². The van der Waals surface area contributed by atoms with Crippen LogP contribution in [0.3, 0.4) is 0 Å². The van der Waals surface area contributed by atoms with Crippen molar-refractivity contribution >= 4 is 45.2 Å². The van der Waals surface area contributed by atoms with Gasteiger partial charge in [0.15, 0.2) is 0 Å². The normalized spacial score (nSPS) is 17.9. The minimum atomic E-state index is -10.0. The maximum atomic E-state index is 14.5. The van der Waals surface area contributed by atoms with E-state index >= 15 is 0 Å². The van der Waals surface area contributed by atoms with Gasteiger partial charge in [-0.3, -0.25) is 0 Å². The fraction of sp³-hybridized carbons (Fsp3) is 1.00. The maximum Gasteiger partial charge on any atom is 0.460 e. The van der Waals surface area contributed by atoms with Crippen molar-refractivity contribution in [3.63, 3.8) is 0 Å². The highest BCUT2D eigenvalue weighted by Crippen LogP contribution is 2.71. The van der Waals surface area contributed by atoms with Crippen molar-refractivity contribution in [2.24, 2.45) is 0 Å². The van der Waals surface area contributed by atoms with Crippen molar-refractivity contribution < 1.29 is 220 Å². The van der Waals surface area contributed by atoms with Crippen molar-refractivity contribution in [3.8, 4) is 0 Å². The Balaban J connectivity index is 7.08. The van der Waals surface area contributed by atoms with Crippen molar-refractivity contribution in [3.05, 3.63) is 0 Å². The quantitative estimate of drug-likeness (QED) is 0.0437. The summed E-state index contributed by atoms with van der Waals surface area (Å²) in [6.45, 7) is 0. The van der Waals surface area contributed by atoms with Crippen molar-refractivity contribution in [1.82, 2.24) is 0 Å². The second kappa shape index (κ2) is 20.8. The second-order valence-corrected chi connectivity index (χ2v) is 19.6. The summed E-state index contributed by atoms with van der Waals surface area (Å²) in [5.74, 6) is -207. The smallest absolute Gasteiger partial charge is 0.200 e. The molecule has 82 heavy (non-hydrogen) atoms. The summed E-state index contributed by atoms with van der Waals surface area (Å²) >= 11 is -0.146. The number of hydrogen-bond acceptors (Lipinski definition) is 0. The lowest BCUT2D eigenvalue weighted by Crippen LogP contribution is -2.78. The third-order valence-electron chi connectivity index (χ3n) is 10.5. The van der Waals surface area contributed by atoms with Crippen LogP contribution in [-0.2, 0) is 0 Å². The van der Waals surface area contributed by atoms with Crippen molar-refractivity contribution in [1.29, 1.82) is 0 Å². The van der Waals surface area contributed by atoms with Gasteiger partial charge in [0, 0.05) is 20.7 Å². The highest BCUT2D eigenvalue weighted by molar-refractivity contribution is 14.1. The lowest BCUT2D eigenvalue weighted by atomic mass is 9.84. The van der Waals surface area contributed by atoms with E-state index in [0.717, 1.165) is 0 Å².